The van der Waals surface area contributed by atoms with Crippen LogP contribution in [0.5, 0.6) is 5.75 Å². The quantitative estimate of drug-likeness (QED) is 0.846. The van der Waals surface area contributed by atoms with Crippen LogP contribution in [-0.4, -0.2) is 27.5 Å². The first-order chi connectivity index (χ1) is 9.82. The summed E-state index contributed by atoms with van der Waals surface area (Å²) < 4.78 is 28.2. The minimum Gasteiger partial charge on any atom is -0.492 e. The summed E-state index contributed by atoms with van der Waals surface area (Å²) in [4.78, 5) is 12.2. The van der Waals surface area contributed by atoms with Crippen molar-refractivity contribution in [1.29, 1.82) is 0 Å². The van der Waals surface area contributed by atoms with Crippen LogP contribution in [0.3, 0.4) is 0 Å². The molecule has 6 nitrogen and oxygen atoms in total. The van der Waals surface area contributed by atoms with E-state index >= 15 is 0 Å². The van der Waals surface area contributed by atoms with Crippen molar-refractivity contribution in [2.75, 3.05) is 13.2 Å². The van der Waals surface area contributed by atoms with Gasteiger partial charge in [0, 0.05) is 12.1 Å². The second-order valence-electron chi connectivity index (χ2n) is 5.37. The second-order valence-corrected chi connectivity index (χ2v) is 6.93. The average molecular weight is 312 g/mol. The van der Waals surface area contributed by atoms with Gasteiger partial charge in [0.05, 0.1) is 4.90 Å². The minimum atomic E-state index is -3.79. The lowest BCUT2D eigenvalue weighted by molar-refractivity contribution is -0.122. The van der Waals surface area contributed by atoms with E-state index < -0.39 is 15.9 Å². The molecule has 1 aliphatic rings. The van der Waals surface area contributed by atoms with Crippen LogP contribution in [0.1, 0.15) is 31.7 Å². The zero-order chi connectivity index (χ0) is 15.6. The molecule has 21 heavy (non-hydrogen) atoms. The molecular weight excluding hydrogens is 292 g/mol. The molecule has 0 saturated carbocycles. The van der Waals surface area contributed by atoms with Crippen LogP contribution >= 0.6 is 0 Å². The second kappa shape index (κ2) is 6.03. The van der Waals surface area contributed by atoms with Crippen molar-refractivity contribution < 1.29 is 17.9 Å². The largest absolute Gasteiger partial charge is 0.492 e. The van der Waals surface area contributed by atoms with Gasteiger partial charge in [0.1, 0.15) is 18.3 Å². The van der Waals surface area contributed by atoms with Crippen LogP contribution in [0.25, 0.3) is 0 Å². The summed E-state index contributed by atoms with van der Waals surface area (Å²) in [7, 11) is -3.79. The molecule has 0 aliphatic carbocycles. The standard InChI is InChI=1S/C14H20N2O4S/c1-3-9(2)7-16-14(17)12-8-20-13-5-4-10(6-11(12)13)21(15,18)19/h4-6,9,12H,3,7-8H2,1-2H3,(H,16,17)(H2,15,18,19). The summed E-state index contributed by atoms with van der Waals surface area (Å²) in [6.45, 7) is 4.92. The highest BCUT2D eigenvalue weighted by molar-refractivity contribution is 7.89. The number of hydrogen-bond acceptors (Lipinski definition) is 4. The zero-order valence-corrected chi connectivity index (χ0v) is 12.9. The molecule has 2 unspecified atom stereocenters. The predicted molar refractivity (Wildman–Crippen MR) is 78.5 cm³/mol. The Bertz CT molecular complexity index is 642. The Labute approximate surface area is 124 Å². The number of fused-ring (bicyclic) bond motifs is 1. The molecule has 1 amide bonds. The number of nitrogens with one attached hydrogen (secondary N) is 1. The van der Waals surface area contributed by atoms with E-state index in [1.54, 1.807) is 0 Å². The van der Waals surface area contributed by atoms with Crippen LogP contribution < -0.4 is 15.2 Å². The van der Waals surface area contributed by atoms with E-state index in [-0.39, 0.29) is 17.4 Å². The van der Waals surface area contributed by atoms with Gasteiger partial charge in [0.15, 0.2) is 0 Å². The van der Waals surface area contributed by atoms with Crippen molar-refractivity contribution in [3.05, 3.63) is 23.8 Å². The molecule has 0 aromatic heterocycles. The predicted octanol–water partition coefficient (Wildman–Crippen LogP) is 0.972. The monoisotopic (exact) mass is 312 g/mol. The van der Waals surface area contributed by atoms with Gasteiger partial charge in [-0.1, -0.05) is 20.3 Å². The number of ether oxygens (including phenoxy) is 1. The number of sulfonamides is 1. The number of rotatable bonds is 5. The molecule has 116 valence electrons. The molecule has 1 aromatic rings. The number of nitrogens with two attached hydrogens (primary N) is 1. The summed E-state index contributed by atoms with van der Waals surface area (Å²) >= 11 is 0. The summed E-state index contributed by atoms with van der Waals surface area (Å²) in [5, 5.41) is 7.99. The topological polar surface area (TPSA) is 98.5 Å². The van der Waals surface area contributed by atoms with Gasteiger partial charge >= 0.3 is 0 Å². The van der Waals surface area contributed by atoms with E-state index in [0.29, 0.717) is 23.8 Å². The number of carbonyl (C=O) groups is 1. The fraction of sp³-hybridized carbons (Fsp3) is 0.500. The van der Waals surface area contributed by atoms with Gasteiger partial charge in [0.25, 0.3) is 0 Å². The lowest BCUT2D eigenvalue weighted by Gasteiger charge is -2.13. The van der Waals surface area contributed by atoms with Gasteiger partial charge in [-0.05, 0) is 24.1 Å². The highest BCUT2D eigenvalue weighted by atomic mass is 32.2. The van der Waals surface area contributed by atoms with Crippen molar-refractivity contribution in [2.24, 2.45) is 11.1 Å². The van der Waals surface area contributed by atoms with E-state index in [2.05, 4.69) is 19.2 Å². The van der Waals surface area contributed by atoms with Gasteiger partial charge in [-0.25, -0.2) is 13.6 Å². The van der Waals surface area contributed by atoms with Crippen LogP contribution in [0.2, 0.25) is 0 Å². The maximum absolute atomic E-state index is 12.2. The van der Waals surface area contributed by atoms with Crippen LogP contribution in [-0.2, 0) is 14.8 Å². The Morgan fingerprint density at radius 2 is 2.24 bits per heavy atom. The fourth-order valence-corrected chi connectivity index (χ4v) is 2.68. The average Bonchev–Trinajstić information content (AvgIpc) is 2.86. The third-order valence-corrected chi connectivity index (χ3v) is 4.64. The Morgan fingerprint density at radius 3 is 2.86 bits per heavy atom. The van der Waals surface area contributed by atoms with E-state index in [0.717, 1.165) is 6.42 Å². The van der Waals surface area contributed by atoms with Gasteiger partial charge in [-0.15, -0.1) is 0 Å². The van der Waals surface area contributed by atoms with Crippen LogP contribution in [0.15, 0.2) is 23.1 Å². The van der Waals surface area contributed by atoms with E-state index in [1.165, 1.54) is 18.2 Å². The lowest BCUT2D eigenvalue weighted by atomic mass is 10.00. The Balaban J connectivity index is 2.19. The fourth-order valence-electron chi connectivity index (χ4n) is 2.13. The molecule has 7 heteroatoms. The summed E-state index contributed by atoms with van der Waals surface area (Å²) in [5.41, 5.74) is 0.572. The summed E-state index contributed by atoms with van der Waals surface area (Å²) in [6, 6.07) is 4.34. The normalized spacial score (nSPS) is 18.7. The highest BCUT2D eigenvalue weighted by Crippen LogP contribution is 2.35. The zero-order valence-electron chi connectivity index (χ0n) is 12.1. The number of hydrogen-bond donors (Lipinski definition) is 2. The van der Waals surface area contributed by atoms with Gasteiger partial charge < -0.3 is 10.1 Å². The molecule has 0 fully saturated rings. The first-order valence-corrected chi connectivity index (χ1v) is 8.44. The van der Waals surface area contributed by atoms with Crippen LogP contribution in [0, 0.1) is 5.92 Å². The highest BCUT2D eigenvalue weighted by Gasteiger charge is 2.31. The molecule has 0 spiro atoms. The number of primary sulfonamides is 1. The van der Waals surface area contributed by atoms with E-state index in [1.807, 2.05) is 0 Å². The molecule has 2 rings (SSSR count). The number of carbonyl (C=O) groups excluding carboxylic acids is 1. The van der Waals surface area contributed by atoms with Gasteiger partial charge in [-0.2, -0.15) is 0 Å². The SMILES string of the molecule is CCC(C)CNC(=O)C1COc2ccc(S(N)(=O)=O)cc21. The first-order valence-electron chi connectivity index (χ1n) is 6.90. The molecule has 1 heterocycles. The molecule has 0 radical (unpaired) electrons. The van der Waals surface area contributed by atoms with Crippen molar-refractivity contribution in [3.8, 4) is 5.75 Å². The lowest BCUT2D eigenvalue weighted by Crippen LogP contribution is -2.33. The molecule has 1 aliphatic heterocycles. The van der Waals surface area contributed by atoms with Crippen LogP contribution in [0.4, 0.5) is 0 Å². The Morgan fingerprint density at radius 1 is 1.52 bits per heavy atom. The minimum absolute atomic E-state index is 0.00789. The summed E-state index contributed by atoms with van der Waals surface area (Å²) in [6.07, 6.45) is 0.980. The molecular formula is C14H20N2O4S. The first kappa shape index (κ1) is 15.8. The van der Waals surface area contributed by atoms with Crippen molar-refractivity contribution in [3.63, 3.8) is 0 Å². The molecule has 1 aromatic carbocycles. The molecule has 2 atom stereocenters. The Kier molecular flexibility index (Phi) is 4.53. The van der Waals surface area contributed by atoms with Crippen molar-refractivity contribution in [2.45, 2.75) is 31.1 Å². The Hall–Kier alpha value is -1.60. The van der Waals surface area contributed by atoms with Crippen molar-refractivity contribution >= 4 is 15.9 Å². The maximum Gasteiger partial charge on any atom is 0.238 e. The van der Waals surface area contributed by atoms with Crippen molar-refractivity contribution in [1.82, 2.24) is 5.32 Å². The van der Waals surface area contributed by atoms with Gasteiger partial charge in [0.2, 0.25) is 15.9 Å². The molecule has 0 saturated heterocycles. The van der Waals surface area contributed by atoms with Gasteiger partial charge in [-0.3, -0.25) is 4.79 Å². The smallest absolute Gasteiger partial charge is 0.238 e. The molecule has 3 N–H and O–H groups in total. The van der Waals surface area contributed by atoms with E-state index in [9.17, 15) is 13.2 Å². The summed E-state index contributed by atoms with van der Waals surface area (Å²) in [5.74, 6) is 0.281. The van der Waals surface area contributed by atoms with E-state index in [4.69, 9.17) is 9.88 Å². The maximum atomic E-state index is 12.2. The number of amides is 1. The number of benzene rings is 1. The third-order valence-electron chi connectivity index (χ3n) is 3.73. The molecule has 0 bridgehead atoms. The third kappa shape index (κ3) is 3.54.